The fraction of sp³-hybridized carbons (Fsp3) is 0.176. The molecule has 0 aliphatic rings. The number of aromatic amines is 1. The second-order valence-corrected chi connectivity index (χ2v) is 6.32. The number of nitrogens with one attached hydrogen (secondary N) is 1. The van der Waals surface area contributed by atoms with Gasteiger partial charge in [0.05, 0.1) is 11.5 Å². The van der Waals surface area contributed by atoms with Crippen LogP contribution in [0.15, 0.2) is 53.7 Å². The van der Waals surface area contributed by atoms with Gasteiger partial charge in [-0.15, -0.1) is 5.10 Å². The van der Waals surface area contributed by atoms with Gasteiger partial charge >= 0.3 is 5.69 Å². The normalized spacial score (nSPS) is 10.6. The molecule has 128 valence electrons. The van der Waals surface area contributed by atoms with Crippen LogP contribution in [-0.4, -0.2) is 32.5 Å². The highest BCUT2D eigenvalue weighted by atomic mass is 32.2. The first-order chi connectivity index (χ1) is 12.1. The molecule has 1 heterocycles. The molecule has 2 aromatic carbocycles. The van der Waals surface area contributed by atoms with Gasteiger partial charge in [-0.3, -0.25) is 15.2 Å². The van der Waals surface area contributed by atoms with E-state index < -0.39 is 4.92 Å². The van der Waals surface area contributed by atoms with Gasteiger partial charge < -0.3 is 4.74 Å². The molecule has 8 heteroatoms. The smallest absolute Gasteiger partial charge is 0.310 e. The van der Waals surface area contributed by atoms with Crippen LogP contribution in [0.5, 0.6) is 5.75 Å². The first-order valence-electron chi connectivity index (χ1n) is 7.62. The van der Waals surface area contributed by atoms with E-state index in [1.165, 1.54) is 23.4 Å². The molecule has 0 bridgehead atoms. The summed E-state index contributed by atoms with van der Waals surface area (Å²) < 4.78 is 5.50. The van der Waals surface area contributed by atoms with E-state index in [1.54, 1.807) is 18.2 Å². The Labute approximate surface area is 148 Å². The fourth-order valence-corrected chi connectivity index (χ4v) is 2.78. The van der Waals surface area contributed by atoms with Crippen LogP contribution in [0.25, 0.3) is 11.4 Å². The largest absolute Gasteiger partial charge is 0.486 e. The third kappa shape index (κ3) is 4.36. The number of para-hydroxylation sites is 2. The van der Waals surface area contributed by atoms with Gasteiger partial charge in [0.2, 0.25) is 5.16 Å². The van der Waals surface area contributed by atoms with E-state index in [9.17, 15) is 10.1 Å². The molecule has 0 aliphatic heterocycles. The fourth-order valence-electron chi connectivity index (χ4n) is 2.17. The predicted molar refractivity (Wildman–Crippen MR) is 95.9 cm³/mol. The number of thioether (sulfide) groups is 1. The number of aromatic nitrogens is 3. The molecule has 7 nitrogen and oxygen atoms in total. The number of nitrogens with zero attached hydrogens (tertiary/aromatic N) is 3. The molecular formula is C17H16N4O3S. The molecule has 1 aromatic heterocycles. The molecule has 3 aromatic rings. The van der Waals surface area contributed by atoms with Crippen LogP contribution in [-0.2, 0) is 0 Å². The predicted octanol–water partition coefficient (Wildman–Crippen LogP) is 3.86. The average molecular weight is 356 g/mol. The number of hydrogen-bond donors (Lipinski definition) is 1. The second kappa shape index (κ2) is 7.80. The van der Waals surface area contributed by atoms with E-state index in [0.29, 0.717) is 23.3 Å². The van der Waals surface area contributed by atoms with Crippen molar-refractivity contribution in [2.45, 2.75) is 12.1 Å². The van der Waals surface area contributed by atoms with E-state index in [-0.39, 0.29) is 11.4 Å². The Balaban J connectivity index is 1.53. The van der Waals surface area contributed by atoms with Crippen molar-refractivity contribution in [3.8, 4) is 17.1 Å². The molecule has 25 heavy (non-hydrogen) atoms. The molecular weight excluding hydrogens is 340 g/mol. The van der Waals surface area contributed by atoms with Crippen LogP contribution in [0.3, 0.4) is 0 Å². The molecule has 0 spiro atoms. The molecule has 0 saturated heterocycles. The molecule has 0 atom stereocenters. The van der Waals surface area contributed by atoms with Gasteiger partial charge in [-0.1, -0.05) is 53.7 Å². The Kier molecular flexibility index (Phi) is 5.30. The third-order valence-electron chi connectivity index (χ3n) is 3.42. The van der Waals surface area contributed by atoms with Crippen molar-refractivity contribution < 1.29 is 9.66 Å². The summed E-state index contributed by atoms with van der Waals surface area (Å²) in [4.78, 5) is 14.9. The van der Waals surface area contributed by atoms with Gasteiger partial charge in [0.1, 0.15) is 0 Å². The van der Waals surface area contributed by atoms with Gasteiger partial charge in [-0.05, 0) is 13.0 Å². The van der Waals surface area contributed by atoms with Crippen LogP contribution >= 0.6 is 11.8 Å². The first kappa shape index (κ1) is 17.0. The molecule has 1 N–H and O–H groups in total. The molecule has 0 saturated carbocycles. The topological polar surface area (TPSA) is 93.9 Å². The van der Waals surface area contributed by atoms with Crippen molar-refractivity contribution in [3.05, 3.63) is 64.2 Å². The number of ether oxygens (including phenoxy) is 1. The highest BCUT2D eigenvalue weighted by molar-refractivity contribution is 7.99. The maximum atomic E-state index is 10.9. The lowest BCUT2D eigenvalue weighted by Gasteiger charge is -2.05. The number of hydrogen-bond acceptors (Lipinski definition) is 6. The Morgan fingerprint density at radius 1 is 1.20 bits per heavy atom. The van der Waals surface area contributed by atoms with Gasteiger partial charge in [0.25, 0.3) is 0 Å². The zero-order valence-corrected chi connectivity index (χ0v) is 14.3. The summed E-state index contributed by atoms with van der Waals surface area (Å²) in [6, 6.07) is 14.3. The molecule has 0 unspecified atom stereocenters. The molecule has 0 radical (unpaired) electrons. The van der Waals surface area contributed by atoms with Crippen LogP contribution in [0.4, 0.5) is 5.69 Å². The summed E-state index contributed by atoms with van der Waals surface area (Å²) in [5, 5.41) is 18.6. The van der Waals surface area contributed by atoms with Crippen molar-refractivity contribution in [1.29, 1.82) is 0 Å². The summed E-state index contributed by atoms with van der Waals surface area (Å²) in [6.07, 6.45) is 0. The quantitative estimate of drug-likeness (QED) is 0.299. The average Bonchev–Trinajstić information content (AvgIpc) is 3.08. The Morgan fingerprint density at radius 3 is 2.72 bits per heavy atom. The summed E-state index contributed by atoms with van der Waals surface area (Å²) in [5.74, 6) is 1.56. The zero-order chi connectivity index (χ0) is 17.6. The number of benzene rings is 2. The first-order valence-corrected chi connectivity index (χ1v) is 8.60. The monoisotopic (exact) mass is 356 g/mol. The number of nitro benzene ring substituents is 1. The maximum absolute atomic E-state index is 10.9. The maximum Gasteiger partial charge on any atom is 0.310 e. The lowest BCUT2D eigenvalue weighted by atomic mass is 10.1. The van der Waals surface area contributed by atoms with Crippen LogP contribution in [0.2, 0.25) is 0 Å². The van der Waals surface area contributed by atoms with Gasteiger partial charge in [-0.25, -0.2) is 4.98 Å². The third-order valence-corrected chi connectivity index (χ3v) is 4.24. The van der Waals surface area contributed by atoms with Crippen LogP contribution < -0.4 is 4.74 Å². The molecule has 0 aliphatic carbocycles. The lowest BCUT2D eigenvalue weighted by molar-refractivity contribution is -0.385. The Morgan fingerprint density at radius 2 is 1.96 bits per heavy atom. The molecule has 3 rings (SSSR count). The summed E-state index contributed by atoms with van der Waals surface area (Å²) in [5.41, 5.74) is 2.12. The van der Waals surface area contributed by atoms with Crippen molar-refractivity contribution >= 4 is 17.4 Å². The number of rotatable bonds is 7. The number of aryl methyl sites for hydroxylation is 1. The highest BCUT2D eigenvalue weighted by Crippen LogP contribution is 2.26. The van der Waals surface area contributed by atoms with Gasteiger partial charge in [0, 0.05) is 17.4 Å². The zero-order valence-electron chi connectivity index (χ0n) is 13.5. The highest BCUT2D eigenvalue weighted by Gasteiger charge is 2.13. The minimum atomic E-state index is -0.453. The summed E-state index contributed by atoms with van der Waals surface area (Å²) in [7, 11) is 0. The van der Waals surface area contributed by atoms with Crippen molar-refractivity contribution in [2.24, 2.45) is 0 Å². The SMILES string of the molecule is Cc1ccc(-c2nc(SCCOc3ccccc3[N+](=O)[O-])n[nH]2)cc1. The van der Waals surface area contributed by atoms with E-state index in [0.717, 1.165) is 5.56 Å². The Bertz CT molecular complexity index is 864. The van der Waals surface area contributed by atoms with Crippen molar-refractivity contribution in [3.63, 3.8) is 0 Å². The number of H-pyrrole nitrogens is 1. The number of nitro groups is 1. The summed E-state index contributed by atoms with van der Waals surface area (Å²) in [6.45, 7) is 2.35. The van der Waals surface area contributed by atoms with Crippen LogP contribution in [0.1, 0.15) is 5.56 Å². The van der Waals surface area contributed by atoms with E-state index in [1.807, 2.05) is 31.2 Å². The summed E-state index contributed by atoms with van der Waals surface area (Å²) >= 11 is 1.42. The van der Waals surface area contributed by atoms with Crippen LogP contribution in [0, 0.1) is 17.0 Å². The second-order valence-electron chi connectivity index (χ2n) is 5.25. The minimum absolute atomic E-state index is 0.0351. The standard InChI is InChI=1S/C17H16N4O3S/c1-12-6-8-13(9-7-12)16-18-17(20-19-16)25-11-10-24-15-5-3-2-4-14(15)21(22)23/h2-9H,10-11H2,1H3,(H,18,19,20). The minimum Gasteiger partial charge on any atom is -0.486 e. The van der Waals surface area contributed by atoms with Crippen molar-refractivity contribution in [1.82, 2.24) is 15.2 Å². The van der Waals surface area contributed by atoms with E-state index >= 15 is 0 Å². The Hall–Kier alpha value is -2.87. The lowest BCUT2D eigenvalue weighted by Crippen LogP contribution is -2.02. The van der Waals surface area contributed by atoms with Gasteiger partial charge in [-0.2, -0.15) is 0 Å². The van der Waals surface area contributed by atoms with Gasteiger partial charge in [0.15, 0.2) is 11.6 Å². The molecule has 0 amide bonds. The van der Waals surface area contributed by atoms with E-state index in [4.69, 9.17) is 4.74 Å². The van der Waals surface area contributed by atoms with E-state index in [2.05, 4.69) is 15.2 Å². The molecule has 0 fully saturated rings. The van der Waals surface area contributed by atoms with Crippen molar-refractivity contribution in [2.75, 3.05) is 12.4 Å².